The molecule has 0 heterocycles. The number of nitro groups is 1. The Morgan fingerprint density at radius 2 is 2.00 bits per heavy atom. The zero-order chi connectivity index (χ0) is 18.4. The molecule has 0 aliphatic carbocycles. The molecule has 8 nitrogen and oxygen atoms in total. The van der Waals surface area contributed by atoms with Gasteiger partial charge in [0.25, 0.3) is 11.6 Å². The van der Waals surface area contributed by atoms with Crippen LogP contribution in [0.5, 0.6) is 11.5 Å². The maximum Gasteiger partial charge on any atom is 0.277 e. The van der Waals surface area contributed by atoms with Gasteiger partial charge in [-0.25, -0.2) is 5.43 Å². The van der Waals surface area contributed by atoms with E-state index >= 15 is 0 Å². The number of hydrazone groups is 1. The van der Waals surface area contributed by atoms with Gasteiger partial charge < -0.3 is 9.84 Å². The number of phenolic OH excluding ortho intramolecular Hbond substituents is 1. The lowest BCUT2D eigenvalue weighted by atomic mass is 10.2. The average molecular weight is 567 g/mol. The van der Waals surface area contributed by atoms with Gasteiger partial charge in [-0.15, -0.1) is 0 Å². The van der Waals surface area contributed by atoms with E-state index in [-0.39, 0.29) is 23.8 Å². The molecule has 0 saturated heterocycles. The van der Waals surface area contributed by atoms with Crippen molar-refractivity contribution >= 4 is 63.0 Å². The van der Waals surface area contributed by atoms with Crippen LogP contribution in [0.3, 0.4) is 0 Å². The summed E-state index contributed by atoms with van der Waals surface area (Å²) in [5.41, 5.74) is 2.89. The number of halogens is 2. The predicted octanol–water partition coefficient (Wildman–Crippen LogP) is 3.04. The number of non-ortho nitro benzene ring substituents is 1. The Labute approximate surface area is 169 Å². The molecule has 0 saturated carbocycles. The summed E-state index contributed by atoms with van der Waals surface area (Å²) in [4.78, 5) is 21.8. The van der Waals surface area contributed by atoms with Crippen LogP contribution in [0.25, 0.3) is 0 Å². The molecule has 0 fully saturated rings. The number of nitro benzene ring substituents is 1. The Hall–Kier alpha value is -1.96. The quantitative estimate of drug-likeness (QED) is 0.241. The number of nitrogens with zero attached hydrogens (tertiary/aromatic N) is 2. The summed E-state index contributed by atoms with van der Waals surface area (Å²) in [6.45, 7) is -0.330. The van der Waals surface area contributed by atoms with Crippen molar-refractivity contribution in [2.45, 2.75) is 0 Å². The molecule has 0 bridgehead atoms. The van der Waals surface area contributed by atoms with Crippen molar-refractivity contribution in [1.82, 2.24) is 5.43 Å². The molecule has 2 N–H and O–H groups in total. The molecular formula is C15H11I2N3O5. The molecule has 1 amide bonds. The lowest BCUT2D eigenvalue weighted by molar-refractivity contribution is -0.384. The van der Waals surface area contributed by atoms with Crippen LogP contribution in [0.15, 0.2) is 41.5 Å². The molecule has 0 aliphatic heterocycles. The molecule has 25 heavy (non-hydrogen) atoms. The second-order valence-corrected chi connectivity index (χ2v) is 6.99. The highest BCUT2D eigenvalue weighted by Crippen LogP contribution is 2.26. The number of carbonyl (C=O) groups excluding carboxylic acids is 1. The van der Waals surface area contributed by atoms with Crippen LogP contribution in [0.2, 0.25) is 0 Å². The van der Waals surface area contributed by atoms with Gasteiger partial charge >= 0.3 is 0 Å². The summed E-state index contributed by atoms with van der Waals surface area (Å²) in [5.74, 6) is -0.0883. The van der Waals surface area contributed by atoms with Crippen molar-refractivity contribution in [1.29, 1.82) is 0 Å². The minimum absolute atomic E-state index is 0.118. The summed E-state index contributed by atoms with van der Waals surface area (Å²) in [7, 11) is 0. The van der Waals surface area contributed by atoms with Gasteiger partial charge in [0.15, 0.2) is 6.61 Å². The monoisotopic (exact) mass is 567 g/mol. The van der Waals surface area contributed by atoms with Gasteiger partial charge in [0.2, 0.25) is 0 Å². The number of rotatable bonds is 6. The van der Waals surface area contributed by atoms with Crippen molar-refractivity contribution in [3.8, 4) is 11.5 Å². The highest BCUT2D eigenvalue weighted by Gasteiger charge is 2.08. The van der Waals surface area contributed by atoms with Crippen molar-refractivity contribution in [2.24, 2.45) is 5.10 Å². The Bertz CT molecular complexity index is 819. The summed E-state index contributed by atoms with van der Waals surface area (Å²) in [6, 6.07) is 8.98. The second-order valence-electron chi connectivity index (χ2n) is 4.67. The Kier molecular flexibility index (Phi) is 6.92. The lowest BCUT2D eigenvalue weighted by Crippen LogP contribution is -2.24. The first-order chi connectivity index (χ1) is 11.9. The van der Waals surface area contributed by atoms with Crippen molar-refractivity contribution in [2.75, 3.05) is 6.61 Å². The Morgan fingerprint density at radius 3 is 2.64 bits per heavy atom. The molecule has 0 aromatic heterocycles. The highest BCUT2D eigenvalue weighted by atomic mass is 127. The van der Waals surface area contributed by atoms with Gasteiger partial charge in [-0.05, 0) is 68.9 Å². The predicted molar refractivity (Wildman–Crippen MR) is 108 cm³/mol. The number of phenols is 1. The minimum atomic E-state index is -0.544. The summed E-state index contributed by atoms with van der Waals surface area (Å²) >= 11 is 3.99. The second kappa shape index (κ2) is 8.94. The third-order valence-corrected chi connectivity index (χ3v) is 4.49. The van der Waals surface area contributed by atoms with E-state index in [2.05, 4.69) is 10.5 Å². The number of benzene rings is 2. The molecular weight excluding hydrogens is 556 g/mol. The molecule has 0 radical (unpaired) electrons. The smallest absolute Gasteiger partial charge is 0.277 e. The van der Waals surface area contributed by atoms with E-state index in [0.717, 1.165) is 0 Å². The highest BCUT2D eigenvalue weighted by molar-refractivity contribution is 14.1. The molecule has 0 aliphatic rings. The van der Waals surface area contributed by atoms with E-state index in [0.29, 0.717) is 12.7 Å². The van der Waals surface area contributed by atoms with Gasteiger partial charge in [-0.3, -0.25) is 14.9 Å². The Morgan fingerprint density at radius 1 is 1.32 bits per heavy atom. The fourth-order valence-corrected chi connectivity index (χ4v) is 3.52. The fourth-order valence-electron chi connectivity index (χ4n) is 1.71. The largest absolute Gasteiger partial charge is 0.506 e. The molecule has 130 valence electrons. The maximum absolute atomic E-state index is 11.7. The number of hydrogen-bond acceptors (Lipinski definition) is 6. The molecule has 10 heteroatoms. The van der Waals surface area contributed by atoms with Gasteiger partial charge in [-0.1, -0.05) is 6.07 Å². The molecule has 0 unspecified atom stereocenters. The first kappa shape index (κ1) is 19.4. The van der Waals surface area contributed by atoms with Crippen LogP contribution in [0, 0.1) is 17.3 Å². The zero-order valence-electron chi connectivity index (χ0n) is 12.5. The van der Waals surface area contributed by atoms with Crippen LogP contribution in [0.1, 0.15) is 5.56 Å². The van der Waals surface area contributed by atoms with Crippen molar-refractivity contribution in [3.63, 3.8) is 0 Å². The maximum atomic E-state index is 11.7. The van der Waals surface area contributed by atoms with Gasteiger partial charge in [0.05, 0.1) is 24.3 Å². The Balaban J connectivity index is 1.88. The molecule has 0 atom stereocenters. The van der Waals surface area contributed by atoms with Gasteiger partial charge in [-0.2, -0.15) is 5.10 Å². The van der Waals surface area contributed by atoms with Crippen LogP contribution in [0.4, 0.5) is 5.69 Å². The number of nitrogens with one attached hydrogen (secondary N) is 1. The average Bonchev–Trinajstić information content (AvgIpc) is 2.58. The normalized spacial score (nSPS) is 10.6. The number of ether oxygens (including phenoxy) is 1. The van der Waals surface area contributed by atoms with Crippen LogP contribution < -0.4 is 10.2 Å². The molecule has 2 aromatic rings. The topological polar surface area (TPSA) is 114 Å². The molecule has 2 aromatic carbocycles. The van der Waals surface area contributed by atoms with E-state index in [4.69, 9.17) is 4.74 Å². The lowest BCUT2D eigenvalue weighted by Gasteiger charge is -2.05. The van der Waals surface area contributed by atoms with Crippen LogP contribution in [-0.2, 0) is 4.79 Å². The number of aromatic hydroxyl groups is 1. The van der Waals surface area contributed by atoms with Crippen molar-refractivity contribution in [3.05, 3.63) is 59.2 Å². The van der Waals surface area contributed by atoms with E-state index in [1.54, 1.807) is 12.1 Å². The zero-order valence-corrected chi connectivity index (χ0v) is 16.8. The van der Waals surface area contributed by atoms with Crippen LogP contribution >= 0.6 is 45.2 Å². The fraction of sp³-hybridized carbons (Fsp3) is 0.0667. The van der Waals surface area contributed by atoms with Crippen LogP contribution in [-0.4, -0.2) is 28.8 Å². The standard InChI is InChI=1S/C15H11I2N3O5/c16-12-4-9(5-13(17)15(12)22)7-18-19-14(21)8-25-11-3-1-2-10(6-11)20(23)24/h1-7,22H,8H2,(H,19,21). The van der Waals surface area contributed by atoms with Gasteiger partial charge in [0.1, 0.15) is 11.5 Å². The van der Waals surface area contributed by atoms with E-state index in [9.17, 15) is 20.0 Å². The SMILES string of the molecule is O=C(COc1cccc([N+](=O)[O-])c1)NN=Cc1cc(I)c(O)c(I)c1. The summed E-state index contributed by atoms with van der Waals surface area (Å²) < 4.78 is 6.53. The van der Waals surface area contributed by atoms with E-state index in [1.807, 2.05) is 45.2 Å². The molecule has 0 spiro atoms. The minimum Gasteiger partial charge on any atom is -0.506 e. The van der Waals surface area contributed by atoms with Crippen molar-refractivity contribution < 1.29 is 19.6 Å². The van der Waals surface area contributed by atoms with Gasteiger partial charge in [0, 0.05) is 6.07 Å². The first-order valence-electron chi connectivity index (χ1n) is 6.74. The summed E-state index contributed by atoms with van der Waals surface area (Å²) in [6.07, 6.45) is 1.44. The number of amides is 1. The third-order valence-electron chi connectivity index (χ3n) is 2.84. The summed E-state index contributed by atoms with van der Waals surface area (Å²) in [5, 5.41) is 24.2. The van der Waals surface area contributed by atoms with E-state index in [1.165, 1.54) is 30.5 Å². The molecule has 2 rings (SSSR count). The first-order valence-corrected chi connectivity index (χ1v) is 8.89. The van der Waals surface area contributed by atoms with E-state index < -0.39 is 10.8 Å². The number of hydrogen-bond donors (Lipinski definition) is 2. The third kappa shape index (κ3) is 5.81. The number of carbonyl (C=O) groups is 1.